The van der Waals surface area contributed by atoms with Crippen molar-refractivity contribution in [3.05, 3.63) is 34.9 Å². The van der Waals surface area contributed by atoms with Crippen molar-refractivity contribution in [1.29, 1.82) is 0 Å². The number of rotatable bonds is 3. The van der Waals surface area contributed by atoms with E-state index in [0.29, 0.717) is 25.0 Å². The van der Waals surface area contributed by atoms with Gasteiger partial charge < -0.3 is 4.90 Å². The number of carbonyl (C=O) groups excluding carboxylic acids is 1. The van der Waals surface area contributed by atoms with E-state index in [4.69, 9.17) is 0 Å². The molecule has 2 fully saturated rings. The Morgan fingerprint density at radius 1 is 0.889 bits per heavy atom. The van der Waals surface area contributed by atoms with Gasteiger partial charge >= 0.3 is 12.4 Å². The van der Waals surface area contributed by atoms with Crippen LogP contribution < -0.4 is 0 Å². The molecule has 1 saturated carbocycles. The maximum absolute atomic E-state index is 13.0. The second-order valence-corrected chi connectivity index (χ2v) is 9.02. The topological polar surface area (TPSA) is 54.5 Å². The molecule has 0 radical (unpaired) electrons. The lowest BCUT2D eigenvalue weighted by molar-refractivity contribution is -0.143. The molecule has 0 spiro atoms. The van der Waals surface area contributed by atoms with Gasteiger partial charge in [-0.25, -0.2) is 8.42 Å². The predicted octanol–water partition coefficient (Wildman–Crippen LogP) is 3.52. The summed E-state index contributed by atoms with van der Waals surface area (Å²) in [5, 5.41) is 0. The minimum absolute atomic E-state index is 0.0434. The standard InChI is InChI=1S/C16H15F6NO3S/c17-15(18,19)10-5-9(6-11(7-10)16(20,21)22)14(24)23(12-1-2-12)13-3-4-27(25,26)8-13/h5-7,12-13H,1-4,8H2/t13-/m1/s1. The van der Waals surface area contributed by atoms with Crippen LogP contribution in [0.25, 0.3) is 0 Å². The van der Waals surface area contributed by atoms with Gasteiger partial charge in [0, 0.05) is 17.6 Å². The van der Waals surface area contributed by atoms with Crippen molar-refractivity contribution >= 4 is 15.7 Å². The number of hydrogen-bond acceptors (Lipinski definition) is 3. The molecule has 0 unspecified atom stereocenters. The van der Waals surface area contributed by atoms with E-state index >= 15 is 0 Å². The first-order chi connectivity index (χ1) is 12.3. The highest BCUT2D eigenvalue weighted by molar-refractivity contribution is 7.91. The van der Waals surface area contributed by atoms with Gasteiger partial charge in [-0.15, -0.1) is 0 Å². The summed E-state index contributed by atoms with van der Waals surface area (Å²) in [6.07, 6.45) is -8.93. The monoisotopic (exact) mass is 415 g/mol. The first-order valence-electron chi connectivity index (χ1n) is 8.10. The van der Waals surface area contributed by atoms with Crippen LogP contribution in [-0.4, -0.2) is 42.8 Å². The summed E-state index contributed by atoms with van der Waals surface area (Å²) in [7, 11) is -3.38. The SMILES string of the molecule is O=C(c1cc(C(F)(F)F)cc(C(F)(F)F)c1)N(C1CC1)[C@@H]1CCS(=O)(=O)C1. The zero-order valence-corrected chi connectivity index (χ0v) is 14.6. The van der Waals surface area contributed by atoms with Crippen LogP contribution >= 0.6 is 0 Å². The predicted molar refractivity (Wildman–Crippen MR) is 82.7 cm³/mol. The Bertz CT molecular complexity index is 826. The molecule has 27 heavy (non-hydrogen) atoms. The zero-order valence-electron chi connectivity index (χ0n) is 13.8. The lowest BCUT2D eigenvalue weighted by atomic mass is 10.0. The Kier molecular flexibility index (Phi) is 4.72. The largest absolute Gasteiger partial charge is 0.416 e. The van der Waals surface area contributed by atoms with Crippen LogP contribution in [0.2, 0.25) is 0 Å². The molecule has 3 rings (SSSR count). The Hall–Kier alpha value is -1.78. The maximum atomic E-state index is 13.0. The van der Waals surface area contributed by atoms with Crippen molar-refractivity contribution in [3.63, 3.8) is 0 Å². The summed E-state index contributed by atoms with van der Waals surface area (Å²) in [6.45, 7) is 0. The summed E-state index contributed by atoms with van der Waals surface area (Å²) in [4.78, 5) is 13.9. The molecule has 2 aliphatic rings. The molecule has 0 aromatic heterocycles. The summed E-state index contributed by atoms with van der Waals surface area (Å²) < 4.78 is 101. The van der Waals surface area contributed by atoms with E-state index in [-0.39, 0.29) is 30.0 Å². The van der Waals surface area contributed by atoms with Crippen LogP contribution in [0, 0.1) is 0 Å². The molecule has 1 atom stereocenters. The Morgan fingerprint density at radius 3 is 1.78 bits per heavy atom. The van der Waals surface area contributed by atoms with Gasteiger partial charge in [-0.2, -0.15) is 26.3 Å². The van der Waals surface area contributed by atoms with E-state index in [0.717, 1.165) is 4.90 Å². The van der Waals surface area contributed by atoms with Crippen LogP contribution in [0.3, 0.4) is 0 Å². The Labute approximate surface area is 151 Å². The van der Waals surface area contributed by atoms with Crippen LogP contribution in [0.4, 0.5) is 26.3 Å². The third kappa shape index (κ3) is 4.39. The highest BCUT2D eigenvalue weighted by Crippen LogP contribution is 2.38. The third-order valence-electron chi connectivity index (χ3n) is 4.61. The van der Waals surface area contributed by atoms with Crippen LogP contribution in [-0.2, 0) is 22.2 Å². The zero-order chi connectivity index (χ0) is 20.2. The van der Waals surface area contributed by atoms with Gasteiger partial charge in [-0.3, -0.25) is 4.79 Å². The van der Waals surface area contributed by atoms with E-state index in [9.17, 15) is 39.6 Å². The average Bonchev–Trinajstić information content (AvgIpc) is 3.29. The summed E-state index contributed by atoms with van der Waals surface area (Å²) in [5.74, 6) is -1.50. The highest BCUT2D eigenvalue weighted by atomic mass is 32.2. The fourth-order valence-electron chi connectivity index (χ4n) is 3.20. The normalized spacial score (nSPS) is 22.7. The van der Waals surface area contributed by atoms with E-state index in [2.05, 4.69) is 0 Å². The average molecular weight is 415 g/mol. The van der Waals surface area contributed by atoms with Crippen molar-refractivity contribution in [3.8, 4) is 0 Å². The van der Waals surface area contributed by atoms with Crippen molar-refractivity contribution in [2.75, 3.05) is 11.5 Å². The van der Waals surface area contributed by atoms with Gasteiger partial charge in [0.25, 0.3) is 5.91 Å². The number of alkyl halides is 6. The fourth-order valence-corrected chi connectivity index (χ4v) is 4.92. The van der Waals surface area contributed by atoms with Gasteiger partial charge in [0.1, 0.15) is 0 Å². The van der Waals surface area contributed by atoms with Crippen molar-refractivity contribution in [1.82, 2.24) is 4.90 Å². The molecule has 1 aromatic carbocycles. The molecule has 4 nitrogen and oxygen atoms in total. The number of benzene rings is 1. The molecule has 0 bridgehead atoms. The maximum Gasteiger partial charge on any atom is 0.416 e. The molecule has 1 aliphatic carbocycles. The van der Waals surface area contributed by atoms with Gasteiger partial charge in [0.15, 0.2) is 9.84 Å². The van der Waals surface area contributed by atoms with Gasteiger partial charge in [0.05, 0.1) is 22.6 Å². The van der Waals surface area contributed by atoms with E-state index in [1.54, 1.807) is 0 Å². The first-order valence-corrected chi connectivity index (χ1v) is 9.93. The smallest absolute Gasteiger partial charge is 0.332 e. The molecule has 1 aliphatic heterocycles. The lowest BCUT2D eigenvalue weighted by Crippen LogP contribution is -2.43. The molecule has 1 heterocycles. The molecule has 1 amide bonds. The number of carbonyl (C=O) groups is 1. The van der Waals surface area contributed by atoms with Crippen molar-refractivity contribution in [2.45, 2.75) is 43.7 Å². The minimum atomic E-state index is -5.06. The summed E-state index contributed by atoms with van der Waals surface area (Å²) in [6, 6.07) is -0.371. The minimum Gasteiger partial charge on any atom is -0.332 e. The van der Waals surface area contributed by atoms with Gasteiger partial charge in [0.2, 0.25) is 0 Å². The third-order valence-corrected chi connectivity index (χ3v) is 6.36. The summed E-state index contributed by atoms with van der Waals surface area (Å²) >= 11 is 0. The second kappa shape index (κ2) is 6.39. The number of hydrogen-bond donors (Lipinski definition) is 0. The van der Waals surface area contributed by atoms with E-state index < -0.39 is 50.8 Å². The first kappa shape index (κ1) is 20.0. The molecule has 11 heteroatoms. The van der Waals surface area contributed by atoms with E-state index in [1.807, 2.05) is 0 Å². The van der Waals surface area contributed by atoms with Crippen LogP contribution in [0.15, 0.2) is 18.2 Å². The van der Waals surface area contributed by atoms with Gasteiger partial charge in [-0.05, 0) is 37.5 Å². The Balaban J connectivity index is 2.01. The lowest BCUT2D eigenvalue weighted by Gasteiger charge is -2.29. The molecular weight excluding hydrogens is 400 g/mol. The quantitative estimate of drug-likeness (QED) is 0.710. The fraction of sp³-hybridized carbons (Fsp3) is 0.562. The molecule has 150 valence electrons. The molecule has 1 saturated heterocycles. The number of nitrogens with zero attached hydrogens (tertiary/aromatic N) is 1. The van der Waals surface area contributed by atoms with Crippen LogP contribution in [0.5, 0.6) is 0 Å². The van der Waals surface area contributed by atoms with Crippen molar-refractivity contribution in [2.24, 2.45) is 0 Å². The Morgan fingerprint density at radius 2 is 1.41 bits per heavy atom. The second-order valence-electron chi connectivity index (χ2n) is 6.80. The molecule has 1 aromatic rings. The molecule has 0 N–H and O–H groups in total. The summed E-state index contributed by atoms with van der Waals surface area (Å²) in [5.41, 5.74) is -3.89. The number of sulfone groups is 1. The van der Waals surface area contributed by atoms with Crippen molar-refractivity contribution < 1.29 is 39.6 Å². The molecular formula is C16H15F6NO3S. The van der Waals surface area contributed by atoms with Gasteiger partial charge in [-0.1, -0.05) is 0 Å². The number of halogens is 6. The van der Waals surface area contributed by atoms with Crippen LogP contribution in [0.1, 0.15) is 40.7 Å². The van der Waals surface area contributed by atoms with E-state index in [1.165, 1.54) is 0 Å². The highest BCUT2D eigenvalue weighted by Gasteiger charge is 2.44. The number of amides is 1.